The summed E-state index contributed by atoms with van der Waals surface area (Å²) in [6.45, 7) is 0.732. The molecule has 2 N–H and O–H groups in total. The fourth-order valence-corrected chi connectivity index (χ4v) is 1.56. The smallest absolute Gasteiger partial charge is 0.418 e. The fraction of sp³-hybridized carbons (Fsp3) is 0.308. The molecule has 1 rings (SSSR count). The van der Waals surface area contributed by atoms with Crippen molar-refractivity contribution in [3.05, 3.63) is 35.9 Å². The van der Waals surface area contributed by atoms with Crippen LogP contribution in [0.25, 0.3) is 0 Å². The number of aliphatic hydroxyl groups excluding tert-OH is 1. The van der Waals surface area contributed by atoms with E-state index in [4.69, 9.17) is 10.2 Å². The molecular formula is C13H15NO6. The number of nitrogens with zero attached hydrogens (tertiary/aromatic N) is 1. The summed E-state index contributed by atoms with van der Waals surface area (Å²) in [5.74, 6) is -2.26. The molecular weight excluding hydrogens is 266 g/mol. The molecule has 0 saturated carbocycles. The number of rotatable bonds is 5. The molecule has 0 unspecified atom stereocenters. The van der Waals surface area contributed by atoms with E-state index in [9.17, 15) is 14.4 Å². The van der Waals surface area contributed by atoms with Crippen molar-refractivity contribution >= 4 is 18.0 Å². The van der Waals surface area contributed by atoms with Gasteiger partial charge in [-0.2, -0.15) is 0 Å². The lowest BCUT2D eigenvalue weighted by molar-refractivity contribution is -0.144. The third kappa shape index (κ3) is 3.79. The predicted octanol–water partition coefficient (Wildman–Crippen LogP) is 0.731. The molecule has 1 amide bonds. The average molecular weight is 281 g/mol. The van der Waals surface area contributed by atoms with Crippen LogP contribution in [-0.4, -0.2) is 52.3 Å². The van der Waals surface area contributed by atoms with Crippen LogP contribution in [0.1, 0.15) is 17.3 Å². The third-order valence-corrected chi connectivity index (χ3v) is 2.60. The normalized spacial score (nSPS) is 11.5. The molecule has 7 heteroatoms. The zero-order valence-electron chi connectivity index (χ0n) is 10.9. The quantitative estimate of drug-likeness (QED) is 0.609. The second kappa shape index (κ2) is 7.25. The maximum absolute atomic E-state index is 11.8. The van der Waals surface area contributed by atoms with E-state index >= 15 is 0 Å². The molecule has 108 valence electrons. The molecule has 0 fully saturated rings. The number of carboxylic acids is 1. The van der Waals surface area contributed by atoms with Gasteiger partial charge in [-0.3, -0.25) is 4.90 Å². The Morgan fingerprint density at radius 3 is 2.30 bits per heavy atom. The van der Waals surface area contributed by atoms with E-state index in [1.165, 1.54) is 19.1 Å². The first-order chi connectivity index (χ1) is 9.51. The van der Waals surface area contributed by atoms with Gasteiger partial charge in [-0.1, -0.05) is 18.2 Å². The number of esters is 1. The molecule has 0 aliphatic rings. The molecule has 1 aromatic carbocycles. The Balaban J connectivity index is 2.78. The number of ether oxygens (including phenoxy) is 1. The number of hydrogen-bond acceptors (Lipinski definition) is 5. The van der Waals surface area contributed by atoms with E-state index in [2.05, 4.69) is 4.74 Å². The Morgan fingerprint density at radius 1 is 1.25 bits per heavy atom. The van der Waals surface area contributed by atoms with Crippen LogP contribution >= 0.6 is 0 Å². The first-order valence-electron chi connectivity index (χ1n) is 5.92. The second-order valence-electron chi connectivity index (χ2n) is 3.84. The van der Waals surface area contributed by atoms with Crippen LogP contribution < -0.4 is 0 Å². The topological polar surface area (TPSA) is 104 Å². The fourth-order valence-electron chi connectivity index (χ4n) is 1.56. The lowest BCUT2D eigenvalue weighted by Crippen LogP contribution is -2.47. The lowest BCUT2D eigenvalue weighted by atomic mass is 10.2. The van der Waals surface area contributed by atoms with Gasteiger partial charge in [-0.25, -0.2) is 14.4 Å². The van der Waals surface area contributed by atoms with Crippen molar-refractivity contribution in [3.63, 3.8) is 0 Å². The van der Waals surface area contributed by atoms with Gasteiger partial charge in [-0.15, -0.1) is 0 Å². The summed E-state index contributed by atoms with van der Waals surface area (Å²) in [7, 11) is 0. The van der Waals surface area contributed by atoms with Gasteiger partial charge >= 0.3 is 18.0 Å². The van der Waals surface area contributed by atoms with Crippen LogP contribution in [-0.2, 0) is 9.53 Å². The molecule has 0 radical (unpaired) electrons. The van der Waals surface area contributed by atoms with Crippen molar-refractivity contribution in [1.29, 1.82) is 0 Å². The van der Waals surface area contributed by atoms with Crippen molar-refractivity contribution in [2.75, 3.05) is 13.2 Å². The summed E-state index contributed by atoms with van der Waals surface area (Å²) < 4.78 is 4.60. The molecule has 7 nitrogen and oxygen atoms in total. The molecule has 0 spiro atoms. The Kier molecular flexibility index (Phi) is 5.67. The number of carbonyl (C=O) groups excluding carboxylic acids is 2. The van der Waals surface area contributed by atoms with E-state index in [1.807, 2.05) is 0 Å². The highest BCUT2D eigenvalue weighted by Crippen LogP contribution is 2.07. The van der Waals surface area contributed by atoms with E-state index in [0.29, 0.717) is 0 Å². The minimum absolute atomic E-state index is 0.0154. The van der Waals surface area contributed by atoms with Crippen molar-refractivity contribution < 1.29 is 29.3 Å². The van der Waals surface area contributed by atoms with Gasteiger partial charge in [-0.05, 0) is 19.1 Å². The minimum Gasteiger partial charge on any atom is -0.480 e. The Labute approximate surface area is 115 Å². The van der Waals surface area contributed by atoms with Gasteiger partial charge in [0, 0.05) is 6.54 Å². The molecule has 1 atom stereocenters. The zero-order valence-corrected chi connectivity index (χ0v) is 10.9. The number of aliphatic carboxylic acids is 1. The molecule has 0 heterocycles. The highest BCUT2D eigenvalue weighted by molar-refractivity contribution is 5.97. The maximum Gasteiger partial charge on any atom is 0.418 e. The van der Waals surface area contributed by atoms with Gasteiger partial charge in [0.15, 0.2) is 6.04 Å². The summed E-state index contributed by atoms with van der Waals surface area (Å²) in [6.07, 6.45) is -1.11. The van der Waals surface area contributed by atoms with E-state index in [-0.39, 0.29) is 12.1 Å². The summed E-state index contributed by atoms with van der Waals surface area (Å²) in [6, 6.07) is 6.39. The van der Waals surface area contributed by atoms with Gasteiger partial charge in [0.05, 0.1) is 12.2 Å². The Bertz CT molecular complexity index is 487. The number of likely N-dealkylation sites (N-methyl/N-ethyl adjacent to an activating group) is 1. The largest absolute Gasteiger partial charge is 0.480 e. The zero-order chi connectivity index (χ0) is 15.1. The van der Waals surface area contributed by atoms with Gasteiger partial charge in [0.25, 0.3) is 0 Å². The maximum atomic E-state index is 11.8. The van der Waals surface area contributed by atoms with Gasteiger partial charge < -0.3 is 14.9 Å². The SMILES string of the molecule is CCN(C(=O)OC(=O)c1ccccc1)[C@@H](CO)C(=O)O. The summed E-state index contributed by atoms with van der Waals surface area (Å²) in [5, 5.41) is 17.9. The molecule has 0 aliphatic carbocycles. The molecule has 1 aromatic rings. The number of carboxylic acid groups (broad SMARTS) is 1. The number of carbonyl (C=O) groups is 3. The Morgan fingerprint density at radius 2 is 1.85 bits per heavy atom. The second-order valence-corrected chi connectivity index (χ2v) is 3.84. The van der Waals surface area contributed by atoms with Crippen LogP contribution in [0.5, 0.6) is 0 Å². The summed E-state index contributed by atoms with van der Waals surface area (Å²) in [5.41, 5.74) is 0.174. The van der Waals surface area contributed by atoms with Crippen molar-refractivity contribution in [1.82, 2.24) is 4.90 Å². The van der Waals surface area contributed by atoms with Crippen LogP contribution in [0.15, 0.2) is 30.3 Å². The molecule has 20 heavy (non-hydrogen) atoms. The standard InChI is InChI=1S/C13H15NO6/c1-2-14(10(8-15)11(16)17)13(19)20-12(18)9-6-4-3-5-7-9/h3-7,10,15H,2,8H2,1H3,(H,16,17)/t10-/m0/s1. The number of hydrogen-bond donors (Lipinski definition) is 2. The monoisotopic (exact) mass is 281 g/mol. The molecule has 0 saturated heterocycles. The minimum atomic E-state index is -1.45. The van der Waals surface area contributed by atoms with Crippen LogP contribution in [0.2, 0.25) is 0 Å². The van der Waals surface area contributed by atoms with Gasteiger partial charge in [0.2, 0.25) is 0 Å². The van der Waals surface area contributed by atoms with E-state index < -0.39 is 30.7 Å². The third-order valence-electron chi connectivity index (χ3n) is 2.60. The predicted molar refractivity (Wildman–Crippen MR) is 68.1 cm³/mol. The van der Waals surface area contributed by atoms with Gasteiger partial charge in [0.1, 0.15) is 0 Å². The highest BCUT2D eigenvalue weighted by atomic mass is 16.6. The summed E-state index contributed by atoms with van der Waals surface area (Å²) in [4.78, 5) is 35.1. The lowest BCUT2D eigenvalue weighted by Gasteiger charge is -2.24. The van der Waals surface area contributed by atoms with E-state index in [0.717, 1.165) is 4.90 Å². The Hall–Kier alpha value is -2.41. The number of aliphatic hydroxyl groups is 1. The number of benzene rings is 1. The van der Waals surface area contributed by atoms with Crippen molar-refractivity contribution in [3.8, 4) is 0 Å². The van der Waals surface area contributed by atoms with E-state index in [1.54, 1.807) is 18.2 Å². The first kappa shape index (κ1) is 15.6. The molecule has 0 aliphatic heterocycles. The van der Waals surface area contributed by atoms with Crippen LogP contribution in [0.4, 0.5) is 4.79 Å². The van der Waals surface area contributed by atoms with Crippen LogP contribution in [0, 0.1) is 0 Å². The first-order valence-corrected chi connectivity index (χ1v) is 5.92. The number of amides is 1. The van der Waals surface area contributed by atoms with Crippen LogP contribution in [0.3, 0.4) is 0 Å². The van der Waals surface area contributed by atoms with Crippen molar-refractivity contribution in [2.24, 2.45) is 0 Å². The average Bonchev–Trinajstić information content (AvgIpc) is 2.44. The molecule has 0 aromatic heterocycles. The molecule has 0 bridgehead atoms. The summed E-state index contributed by atoms with van der Waals surface area (Å²) >= 11 is 0. The van der Waals surface area contributed by atoms with Crippen molar-refractivity contribution in [2.45, 2.75) is 13.0 Å². The highest BCUT2D eigenvalue weighted by Gasteiger charge is 2.30.